The summed E-state index contributed by atoms with van der Waals surface area (Å²) in [6.07, 6.45) is 6.18. The summed E-state index contributed by atoms with van der Waals surface area (Å²) in [5.41, 5.74) is 5.34. The van der Waals surface area contributed by atoms with E-state index in [1.165, 1.54) is 19.3 Å². The predicted octanol–water partition coefficient (Wildman–Crippen LogP) is 1.32. The largest absolute Gasteiger partial charge is 0.481 e. The lowest BCUT2D eigenvalue weighted by molar-refractivity contribution is -0.166. The summed E-state index contributed by atoms with van der Waals surface area (Å²) in [6, 6.07) is -1.28. The van der Waals surface area contributed by atoms with Crippen molar-refractivity contribution in [1.82, 2.24) is 0 Å². The fourth-order valence-corrected chi connectivity index (χ4v) is 5.50. The molecule has 2 unspecified atom stereocenters. The highest BCUT2D eigenvalue weighted by Gasteiger charge is 2.58. The van der Waals surface area contributed by atoms with Crippen molar-refractivity contribution in [3.05, 3.63) is 0 Å². The molecule has 0 radical (unpaired) electrons. The fourth-order valence-electron chi connectivity index (χ4n) is 5.50. The van der Waals surface area contributed by atoms with Crippen molar-refractivity contribution in [1.29, 1.82) is 0 Å². The van der Waals surface area contributed by atoms with Gasteiger partial charge in [-0.15, -0.1) is 0 Å². The molecule has 5 heteroatoms. The Morgan fingerprint density at radius 3 is 1.68 bits per heavy atom. The molecule has 0 aromatic heterocycles. The minimum absolute atomic E-state index is 0.363. The van der Waals surface area contributed by atoms with Gasteiger partial charge in [0.15, 0.2) is 0 Å². The summed E-state index contributed by atoms with van der Waals surface area (Å²) in [6.45, 7) is 0. The zero-order valence-corrected chi connectivity index (χ0v) is 10.9. The molecular weight excluding hydrogens is 246 g/mol. The normalized spacial score (nSPS) is 42.9. The van der Waals surface area contributed by atoms with E-state index in [0.717, 1.165) is 19.3 Å². The molecule has 0 aliphatic heterocycles. The van der Waals surface area contributed by atoms with E-state index in [-0.39, 0.29) is 5.41 Å². The summed E-state index contributed by atoms with van der Waals surface area (Å²) in [5.74, 6) is -1.38. The zero-order valence-electron chi connectivity index (χ0n) is 10.9. The average molecular weight is 267 g/mol. The molecular formula is C14H21NO4. The standard InChI is InChI=1S/C14H21NO4/c15-11(13(18)19)10(12(16)17)14-4-7-1-8(5-14)3-9(2-7)6-14/h7-11H,1-6,15H2,(H,16,17)(H,18,19). The monoisotopic (exact) mass is 267 g/mol. The zero-order chi connectivity index (χ0) is 13.8. The van der Waals surface area contributed by atoms with Gasteiger partial charge in [0, 0.05) is 0 Å². The van der Waals surface area contributed by atoms with Gasteiger partial charge in [-0.2, -0.15) is 0 Å². The maximum absolute atomic E-state index is 11.6. The topological polar surface area (TPSA) is 101 Å². The van der Waals surface area contributed by atoms with Crippen LogP contribution in [0.1, 0.15) is 38.5 Å². The van der Waals surface area contributed by atoms with Gasteiger partial charge in [0.05, 0.1) is 5.92 Å². The van der Waals surface area contributed by atoms with Crippen LogP contribution in [0.2, 0.25) is 0 Å². The van der Waals surface area contributed by atoms with Crippen LogP contribution >= 0.6 is 0 Å². The Balaban J connectivity index is 1.93. The first kappa shape index (κ1) is 12.9. The average Bonchev–Trinajstić information content (AvgIpc) is 2.25. The van der Waals surface area contributed by atoms with E-state index < -0.39 is 23.9 Å². The SMILES string of the molecule is NC(C(=O)O)C(C(=O)O)C12CC3CC(CC(C3)C1)C2. The van der Waals surface area contributed by atoms with Crippen LogP contribution < -0.4 is 5.73 Å². The Kier molecular flexibility index (Phi) is 2.85. The molecule has 19 heavy (non-hydrogen) atoms. The maximum atomic E-state index is 11.6. The molecule has 106 valence electrons. The number of rotatable bonds is 4. The molecule has 0 heterocycles. The van der Waals surface area contributed by atoms with Crippen LogP contribution in [0.4, 0.5) is 0 Å². The molecule has 5 nitrogen and oxygen atoms in total. The van der Waals surface area contributed by atoms with Crippen LogP contribution in [-0.4, -0.2) is 28.2 Å². The van der Waals surface area contributed by atoms with Crippen LogP contribution in [-0.2, 0) is 9.59 Å². The van der Waals surface area contributed by atoms with Gasteiger partial charge in [0.2, 0.25) is 0 Å². The maximum Gasteiger partial charge on any atom is 0.321 e. The van der Waals surface area contributed by atoms with Gasteiger partial charge in [-0.3, -0.25) is 9.59 Å². The van der Waals surface area contributed by atoms with Crippen LogP contribution in [0.15, 0.2) is 0 Å². The minimum atomic E-state index is -1.28. The van der Waals surface area contributed by atoms with Crippen molar-refractivity contribution in [3.63, 3.8) is 0 Å². The van der Waals surface area contributed by atoms with E-state index in [9.17, 15) is 14.7 Å². The predicted molar refractivity (Wildman–Crippen MR) is 67.3 cm³/mol. The van der Waals surface area contributed by atoms with Gasteiger partial charge in [-0.25, -0.2) is 0 Å². The Morgan fingerprint density at radius 2 is 1.37 bits per heavy atom. The highest BCUT2D eigenvalue weighted by atomic mass is 16.4. The summed E-state index contributed by atoms with van der Waals surface area (Å²) in [4.78, 5) is 22.8. The van der Waals surface area contributed by atoms with Gasteiger partial charge in [-0.05, 0) is 61.7 Å². The summed E-state index contributed by atoms with van der Waals surface area (Å²) in [7, 11) is 0. The Bertz CT molecular complexity index is 384. The molecule has 4 rings (SSSR count). The van der Waals surface area contributed by atoms with Gasteiger partial charge in [0.25, 0.3) is 0 Å². The third-order valence-corrected chi connectivity index (χ3v) is 5.66. The van der Waals surface area contributed by atoms with Crippen LogP contribution in [0.3, 0.4) is 0 Å². The van der Waals surface area contributed by atoms with E-state index in [4.69, 9.17) is 10.8 Å². The molecule has 0 saturated heterocycles. The molecule has 4 bridgehead atoms. The molecule has 4 aliphatic rings. The number of hydrogen-bond donors (Lipinski definition) is 3. The molecule has 4 N–H and O–H groups in total. The van der Waals surface area contributed by atoms with Gasteiger partial charge in [0.1, 0.15) is 6.04 Å². The molecule has 2 atom stereocenters. The number of carboxylic acids is 2. The van der Waals surface area contributed by atoms with Crippen LogP contribution in [0.25, 0.3) is 0 Å². The molecule has 0 spiro atoms. The smallest absolute Gasteiger partial charge is 0.321 e. The number of carboxylic acid groups (broad SMARTS) is 2. The second-order valence-corrected chi connectivity index (χ2v) is 6.96. The quantitative estimate of drug-likeness (QED) is 0.713. The fraction of sp³-hybridized carbons (Fsp3) is 0.857. The highest BCUT2D eigenvalue weighted by molar-refractivity contribution is 5.83. The van der Waals surface area contributed by atoms with Crippen LogP contribution in [0.5, 0.6) is 0 Å². The van der Waals surface area contributed by atoms with Crippen molar-refractivity contribution >= 4 is 11.9 Å². The summed E-state index contributed by atoms with van der Waals surface area (Å²) >= 11 is 0. The number of carbonyl (C=O) groups is 2. The minimum Gasteiger partial charge on any atom is -0.481 e. The third kappa shape index (κ3) is 1.95. The first-order valence-corrected chi connectivity index (χ1v) is 7.12. The van der Waals surface area contributed by atoms with Crippen molar-refractivity contribution in [2.75, 3.05) is 0 Å². The van der Waals surface area contributed by atoms with Crippen molar-refractivity contribution in [2.45, 2.75) is 44.6 Å². The number of nitrogens with two attached hydrogens (primary N) is 1. The molecule has 0 aromatic carbocycles. The molecule has 4 aliphatic carbocycles. The lowest BCUT2D eigenvalue weighted by Crippen LogP contribution is -2.57. The molecule has 0 amide bonds. The van der Waals surface area contributed by atoms with Crippen molar-refractivity contribution in [3.8, 4) is 0 Å². The molecule has 0 aromatic rings. The molecule has 4 saturated carbocycles. The first-order valence-electron chi connectivity index (χ1n) is 7.12. The van der Waals surface area contributed by atoms with Crippen molar-refractivity contribution < 1.29 is 19.8 Å². The summed E-state index contributed by atoms with van der Waals surface area (Å²) in [5, 5.41) is 18.6. The van der Waals surface area contributed by atoms with Gasteiger partial charge < -0.3 is 15.9 Å². The lowest BCUT2D eigenvalue weighted by Gasteiger charge is -2.59. The summed E-state index contributed by atoms with van der Waals surface area (Å²) < 4.78 is 0. The first-order chi connectivity index (χ1) is 8.91. The van der Waals surface area contributed by atoms with E-state index >= 15 is 0 Å². The number of hydrogen-bond acceptors (Lipinski definition) is 3. The van der Waals surface area contributed by atoms with E-state index in [2.05, 4.69) is 0 Å². The highest BCUT2D eigenvalue weighted by Crippen LogP contribution is 2.63. The van der Waals surface area contributed by atoms with Crippen LogP contribution in [0, 0.1) is 29.1 Å². The van der Waals surface area contributed by atoms with E-state index in [0.29, 0.717) is 17.8 Å². The lowest BCUT2D eigenvalue weighted by atomic mass is 9.46. The Labute approximate surface area is 112 Å². The van der Waals surface area contributed by atoms with Gasteiger partial charge >= 0.3 is 11.9 Å². The molecule has 4 fully saturated rings. The van der Waals surface area contributed by atoms with E-state index in [1.54, 1.807) is 0 Å². The van der Waals surface area contributed by atoms with Gasteiger partial charge in [-0.1, -0.05) is 0 Å². The second kappa shape index (κ2) is 4.20. The second-order valence-electron chi connectivity index (χ2n) is 6.96. The van der Waals surface area contributed by atoms with E-state index in [1.807, 2.05) is 0 Å². The third-order valence-electron chi connectivity index (χ3n) is 5.66. The van der Waals surface area contributed by atoms with Crippen molar-refractivity contribution in [2.24, 2.45) is 34.8 Å². The number of aliphatic carboxylic acids is 2. The Hall–Kier alpha value is -1.10. The Morgan fingerprint density at radius 1 is 0.947 bits per heavy atom.